The molecule has 0 saturated carbocycles. The Morgan fingerprint density at radius 2 is 1.79 bits per heavy atom. The van der Waals surface area contributed by atoms with Crippen molar-refractivity contribution in [3.63, 3.8) is 0 Å². The third-order valence-corrected chi connectivity index (χ3v) is 8.97. The summed E-state index contributed by atoms with van der Waals surface area (Å²) >= 11 is 1.19. The maximum atomic E-state index is 12.5. The predicted molar refractivity (Wildman–Crippen MR) is 106 cm³/mol. The lowest BCUT2D eigenvalue weighted by Crippen LogP contribution is -2.49. The van der Waals surface area contributed by atoms with Gasteiger partial charge in [-0.05, 0) is 57.4 Å². The zero-order valence-electron chi connectivity index (χ0n) is 16.4. The summed E-state index contributed by atoms with van der Waals surface area (Å²) in [7, 11) is -3.48. The van der Waals surface area contributed by atoms with Gasteiger partial charge in [-0.25, -0.2) is 8.42 Å². The predicted octanol–water partition coefficient (Wildman–Crippen LogP) is 2.48. The Morgan fingerprint density at radius 1 is 1.14 bits per heavy atom. The number of piperidine rings is 2. The van der Waals surface area contributed by atoms with Crippen molar-refractivity contribution in [1.82, 2.24) is 9.21 Å². The van der Waals surface area contributed by atoms with Gasteiger partial charge in [0, 0.05) is 25.2 Å². The first kappa shape index (κ1) is 21.3. The summed E-state index contributed by atoms with van der Waals surface area (Å²) in [5, 5.41) is 1.73. The first-order chi connectivity index (χ1) is 13.3. The SMILES string of the molecule is C[C@@H]1CCC[C@@H](C)N1C(=O)COC(=O)C1CCN(S(=O)(=O)c2cccs2)CC1. The molecule has 3 heterocycles. The molecule has 3 rings (SSSR count). The molecule has 0 unspecified atom stereocenters. The lowest BCUT2D eigenvalue weighted by Gasteiger charge is -2.39. The fourth-order valence-corrected chi connectivity index (χ4v) is 6.72. The lowest BCUT2D eigenvalue weighted by atomic mass is 9.97. The van der Waals surface area contributed by atoms with Crippen molar-refractivity contribution in [3.05, 3.63) is 17.5 Å². The minimum Gasteiger partial charge on any atom is -0.455 e. The Bertz CT molecular complexity index is 775. The number of hydrogen-bond acceptors (Lipinski definition) is 6. The summed E-state index contributed by atoms with van der Waals surface area (Å²) < 4.78 is 32.1. The van der Waals surface area contributed by atoms with Crippen molar-refractivity contribution in [3.8, 4) is 0 Å². The molecule has 1 aromatic rings. The first-order valence-electron chi connectivity index (χ1n) is 9.82. The maximum absolute atomic E-state index is 12.5. The summed E-state index contributed by atoms with van der Waals surface area (Å²) in [6.45, 7) is 4.39. The topological polar surface area (TPSA) is 84.0 Å². The Balaban J connectivity index is 1.48. The van der Waals surface area contributed by atoms with Crippen LogP contribution in [0.2, 0.25) is 0 Å². The standard InChI is InChI=1S/C19H28N2O5S2/c1-14-5-3-6-15(2)21(14)17(22)13-26-19(23)16-8-10-20(11-9-16)28(24,25)18-7-4-12-27-18/h4,7,12,14-16H,3,5-6,8-11,13H2,1-2H3/t14-,15-/m1/s1. The van der Waals surface area contributed by atoms with Gasteiger partial charge >= 0.3 is 5.97 Å². The third-order valence-electron chi connectivity index (χ3n) is 5.70. The largest absolute Gasteiger partial charge is 0.455 e. The number of likely N-dealkylation sites (tertiary alicyclic amines) is 1. The van der Waals surface area contributed by atoms with E-state index >= 15 is 0 Å². The molecule has 7 nitrogen and oxygen atoms in total. The molecule has 0 aliphatic carbocycles. The van der Waals surface area contributed by atoms with Crippen LogP contribution in [0.4, 0.5) is 0 Å². The molecule has 2 atom stereocenters. The average molecular weight is 429 g/mol. The summed E-state index contributed by atoms with van der Waals surface area (Å²) in [6.07, 6.45) is 3.88. The van der Waals surface area contributed by atoms with Gasteiger partial charge in [-0.15, -0.1) is 11.3 Å². The number of amides is 1. The monoisotopic (exact) mass is 428 g/mol. The normalized spacial score (nSPS) is 24.9. The van der Waals surface area contributed by atoms with E-state index in [0.717, 1.165) is 19.3 Å². The second-order valence-electron chi connectivity index (χ2n) is 7.65. The molecule has 0 spiro atoms. The van der Waals surface area contributed by atoms with E-state index in [9.17, 15) is 18.0 Å². The summed E-state index contributed by atoms with van der Waals surface area (Å²) in [5.41, 5.74) is 0. The van der Waals surface area contributed by atoms with Crippen LogP contribution in [0.25, 0.3) is 0 Å². The maximum Gasteiger partial charge on any atom is 0.309 e. The van der Waals surface area contributed by atoms with Crippen molar-refractivity contribution in [2.45, 2.75) is 62.2 Å². The molecule has 28 heavy (non-hydrogen) atoms. The number of ether oxygens (including phenoxy) is 1. The highest BCUT2D eigenvalue weighted by molar-refractivity contribution is 7.91. The van der Waals surface area contributed by atoms with Crippen LogP contribution in [0.15, 0.2) is 21.7 Å². The number of nitrogens with zero attached hydrogens (tertiary/aromatic N) is 2. The quantitative estimate of drug-likeness (QED) is 0.673. The molecule has 2 saturated heterocycles. The van der Waals surface area contributed by atoms with Gasteiger partial charge in [-0.3, -0.25) is 9.59 Å². The van der Waals surface area contributed by atoms with Gasteiger partial charge < -0.3 is 9.64 Å². The minimum absolute atomic E-state index is 0.147. The van der Waals surface area contributed by atoms with Crippen molar-refractivity contribution >= 4 is 33.2 Å². The van der Waals surface area contributed by atoms with Gasteiger partial charge in [0.25, 0.3) is 15.9 Å². The van der Waals surface area contributed by atoms with Gasteiger partial charge in [-0.1, -0.05) is 6.07 Å². The molecule has 156 valence electrons. The van der Waals surface area contributed by atoms with E-state index in [2.05, 4.69) is 0 Å². The number of sulfonamides is 1. The van der Waals surface area contributed by atoms with Gasteiger partial charge in [0.05, 0.1) is 5.92 Å². The Hall–Kier alpha value is -1.45. The molecule has 0 aromatic carbocycles. The smallest absolute Gasteiger partial charge is 0.309 e. The molecule has 2 aliphatic heterocycles. The second kappa shape index (κ2) is 8.92. The molecule has 1 aromatic heterocycles. The Morgan fingerprint density at radius 3 is 2.36 bits per heavy atom. The van der Waals surface area contributed by atoms with Gasteiger partial charge in [0.1, 0.15) is 4.21 Å². The van der Waals surface area contributed by atoms with Crippen LogP contribution in [-0.4, -0.2) is 61.3 Å². The van der Waals surface area contributed by atoms with Gasteiger partial charge in [0.15, 0.2) is 6.61 Å². The third kappa shape index (κ3) is 4.58. The number of rotatable bonds is 5. The zero-order valence-corrected chi connectivity index (χ0v) is 18.0. The highest BCUT2D eigenvalue weighted by Gasteiger charge is 2.34. The first-order valence-corrected chi connectivity index (χ1v) is 12.1. The van der Waals surface area contributed by atoms with Crippen LogP contribution < -0.4 is 0 Å². The number of carbonyl (C=O) groups excluding carboxylic acids is 2. The minimum atomic E-state index is -3.48. The summed E-state index contributed by atoms with van der Waals surface area (Å²) in [5.74, 6) is -0.914. The highest BCUT2D eigenvalue weighted by atomic mass is 32.2. The van der Waals surface area contributed by atoms with Crippen molar-refractivity contribution in [2.75, 3.05) is 19.7 Å². The summed E-state index contributed by atoms with van der Waals surface area (Å²) in [6, 6.07) is 3.64. The fourth-order valence-electron chi connectivity index (χ4n) is 4.11. The van der Waals surface area contributed by atoms with E-state index in [4.69, 9.17) is 4.74 Å². The van der Waals surface area contributed by atoms with E-state index in [1.165, 1.54) is 15.6 Å². The van der Waals surface area contributed by atoms with E-state index in [0.29, 0.717) is 17.1 Å². The molecule has 0 radical (unpaired) electrons. The Labute approximate surface area is 170 Å². The van der Waals surface area contributed by atoms with Crippen LogP contribution in [0, 0.1) is 5.92 Å². The Kier molecular flexibility index (Phi) is 6.77. The average Bonchev–Trinajstić information content (AvgIpc) is 3.22. The molecule has 0 bridgehead atoms. The van der Waals surface area contributed by atoms with Crippen molar-refractivity contribution in [1.29, 1.82) is 0 Å². The van der Waals surface area contributed by atoms with Crippen molar-refractivity contribution < 1.29 is 22.7 Å². The number of thiophene rings is 1. The van der Waals surface area contributed by atoms with Gasteiger partial charge in [0.2, 0.25) is 0 Å². The fraction of sp³-hybridized carbons (Fsp3) is 0.684. The van der Waals surface area contributed by atoms with Crippen LogP contribution in [0.3, 0.4) is 0 Å². The van der Waals surface area contributed by atoms with E-state index in [1.54, 1.807) is 17.5 Å². The zero-order chi connectivity index (χ0) is 20.3. The summed E-state index contributed by atoms with van der Waals surface area (Å²) in [4.78, 5) is 26.7. The van der Waals surface area contributed by atoms with E-state index in [-0.39, 0.29) is 43.6 Å². The molecule has 2 fully saturated rings. The second-order valence-corrected chi connectivity index (χ2v) is 10.8. The molecule has 2 aliphatic rings. The van der Waals surface area contributed by atoms with Crippen LogP contribution >= 0.6 is 11.3 Å². The highest BCUT2D eigenvalue weighted by Crippen LogP contribution is 2.27. The van der Waals surface area contributed by atoms with E-state index < -0.39 is 16.0 Å². The molecule has 0 N–H and O–H groups in total. The number of hydrogen-bond donors (Lipinski definition) is 0. The number of esters is 1. The molecule has 1 amide bonds. The van der Waals surface area contributed by atoms with Crippen LogP contribution in [-0.2, 0) is 24.3 Å². The molecule has 9 heteroatoms. The van der Waals surface area contributed by atoms with Crippen LogP contribution in [0.5, 0.6) is 0 Å². The molecular weight excluding hydrogens is 400 g/mol. The van der Waals surface area contributed by atoms with Crippen molar-refractivity contribution in [2.24, 2.45) is 5.92 Å². The van der Waals surface area contributed by atoms with Gasteiger partial charge in [-0.2, -0.15) is 4.31 Å². The molecular formula is C19H28N2O5S2. The lowest BCUT2D eigenvalue weighted by molar-refractivity contribution is -0.158. The van der Waals surface area contributed by atoms with Crippen LogP contribution in [0.1, 0.15) is 46.0 Å². The number of carbonyl (C=O) groups is 2. The van der Waals surface area contributed by atoms with E-state index in [1.807, 2.05) is 18.7 Å².